The van der Waals surface area contributed by atoms with Crippen LogP contribution in [-0.4, -0.2) is 36.9 Å². The molecule has 31 heavy (non-hydrogen) atoms. The number of anilines is 1. The number of fused-ring (bicyclic) bond motifs is 1. The van der Waals surface area contributed by atoms with Gasteiger partial charge < -0.3 is 14.9 Å². The standard InChI is InChI=1S/C22H23N7O2/c1-3-23-22(31)27-21-25-17-10-15(11-18(20(17)26-21)28-8-4-7-24-28)14-9-13(2)29(16-5-6-16)19(30)12-14/h4,7-12,16H,3,5-6H2,1-2H3,(H3,23,25,26,27,31). The van der Waals surface area contributed by atoms with E-state index < -0.39 is 0 Å². The summed E-state index contributed by atoms with van der Waals surface area (Å²) in [4.78, 5) is 32.4. The van der Waals surface area contributed by atoms with E-state index in [-0.39, 0.29) is 11.6 Å². The zero-order valence-electron chi connectivity index (χ0n) is 17.3. The molecule has 2 amide bonds. The van der Waals surface area contributed by atoms with Crippen molar-refractivity contribution in [1.29, 1.82) is 0 Å². The predicted octanol–water partition coefficient (Wildman–Crippen LogP) is 3.36. The average molecular weight is 417 g/mol. The van der Waals surface area contributed by atoms with Crippen molar-refractivity contribution in [3.63, 3.8) is 0 Å². The van der Waals surface area contributed by atoms with Crippen molar-refractivity contribution in [3.05, 3.63) is 58.8 Å². The van der Waals surface area contributed by atoms with Crippen molar-refractivity contribution in [1.82, 2.24) is 29.6 Å². The van der Waals surface area contributed by atoms with Crippen LogP contribution < -0.4 is 16.2 Å². The number of nitrogens with one attached hydrogen (secondary N) is 3. The van der Waals surface area contributed by atoms with E-state index in [2.05, 4.69) is 25.7 Å². The molecule has 0 aliphatic heterocycles. The Morgan fingerprint density at radius 3 is 2.71 bits per heavy atom. The lowest BCUT2D eigenvalue weighted by atomic mass is 10.0. The number of hydrogen-bond donors (Lipinski definition) is 3. The summed E-state index contributed by atoms with van der Waals surface area (Å²) in [6.45, 7) is 4.33. The minimum atomic E-state index is -0.332. The number of amides is 2. The third-order valence-corrected chi connectivity index (χ3v) is 5.40. The highest BCUT2D eigenvalue weighted by molar-refractivity contribution is 5.94. The number of carbonyl (C=O) groups excluding carboxylic acids is 1. The van der Waals surface area contributed by atoms with Gasteiger partial charge in [0.15, 0.2) is 0 Å². The average Bonchev–Trinajstić information content (AvgIpc) is 3.23. The Bertz CT molecular complexity index is 1330. The number of pyridine rings is 1. The summed E-state index contributed by atoms with van der Waals surface area (Å²) in [7, 11) is 0. The summed E-state index contributed by atoms with van der Waals surface area (Å²) >= 11 is 0. The molecule has 1 saturated carbocycles. The Morgan fingerprint density at radius 2 is 2.03 bits per heavy atom. The van der Waals surface area contributed by atoms with Gasteiger partial charge in [0.2, 0.25) is 5.95 Å². The van der Waals surface area contributed by atoms with Crippen LogP contribution in [0.25, 0.3) is 27.8 Å². The second-order valence-electron chi connectivity index (χ2n) is 7.73. The largest absolute Gasteiger partial charge is 0.338 e. The molecule has 0 unspecified atom stereocenters. The minimum absolute atomic E-state index is 0.0128. The highest BCUT2D eigenvalue weighted by Gasteiger charge is 2.26. The molecule has 4 aromatic rings. The number of H-pyrrole nitrogens is 1. The lowest BCUT2D eigenvalue weighted by Gasteiger charge is -2.12. The van der Waals surface area contributed by atoms with E-state index in [0.29, 0.717) is 24.1 Å². The fourth-order valence-corrected chi connectivity index (χ4v) is 3.90. The highest BCUT2D eigenvalue weighted by Crippen LogP contribution is 2.35. The molecule has 1 aromatic carbocycles. The molecule has 3 heterocycles. The Labute approximate surface area is 178 Å². The molecule has 1 fully saturated rings. The molecule has 0 bridgehead atoms. The molecule has 3 aromatic heterocycles. The smallest absolute Gasteiger partial charge is 0.321 e. The lowest BCUT2D eigenvalue weighted by molar-refractivity contribution is 0.252. The second kappa shape index (κ2) is 7.42. The van der Waals surface area contributed by atoms with Gasteiger partial charge in [-0.1, -0.05) is 0 Å². The van der Waals surface area contributed by atoms with E-state index in [1.165, 1.54) is 0 Å². The Balaban J connectivity index is 1.64. The number of aromatic amines is 1. The summed E-state index contributed by atoms with van der Waals surface area (Å²) in [5, 5.41) is 9.75. The second-order valence-corrected chi connectivity index (χ2v) is 7.73. The lowest BCUT2D eigenvalue weighted by Crippen LogP contribution is -2.28. The maximum absolute atomic E-state index is 12.7. The van der Waals surface area contributed by atoms with Gasteiger partial charge in [-0.25, -0.2) is 14.5 Å². The first-order valence-corrected chi connectivity index (χ1v) is 10.4. The van der Waals surface area contributed by atoms with Gasteiger partial charge >= 0.3 is 6.03 Å². The van der Waals surface area contributed by atoms with E-state index in [0.717, 1.165) is 40.9 Å². The van der Waals surface area contributed by atoms with Crippen molar-refractivity contribution in [2.45, 2.75) is 32.7 Å². The summed E-state index contributed by atoms with van der Waals surface area (Å²) < 4.78 is 3.61. The first kappa shape index (κ1) is 19.1. The van der Waals surface area contributed by atoms with Crippen molar-refractivity contribution in [2.75, 3.05) is 11.9 Å². The highest BCUT2D eigenvalue weighted by atomic mass is 16.2. The molecule has 0 saturated heterocycles. The van der Waals surface area contributed by atoms with E-state index in [1.807, 2.05) is 48.9 Å². The van der Waals surface area contributed by atoms with E-state index in [9.17, 15) is 9.59 Å². The fraction of sp³-hybridized carbons (Fsp3) is 0.273. The molecule has 158 valence electrons. The van der Waals surface area contributed by atoms with Crippen molar-refractivity contribution in [2.24, 2.45) is 0 Å². The zero-order valence-corrected chi connectivity index (χ0v) is 17.3. The number of imidazole rings is 1. The molecule has 5 rings (SSSR count). The van der Waals surface area contributed by atoms with Crippen LogP contribution >= 0.6 is 0 Å². The van der Waals surface area contributed by atoms with E-state index in [1.54, 1.807) is 16.9 Å². The third-order valence-electron chi connectivity index (χ3n) is 5.40. The molecule has 1 aliphatic carbocycles. The monoisotopic (exact) mass is 417 g/mol. The van der Waals surface area contributed by atoms with Crippen LogP contribution in [0.3, 0.4) is 0 Å². The van der Waals surface area contributed by atoms with Gasteiger partial charge in [-0.05, 0) is 62.1 Å². The Kier molecular flexibility index (Phi) is 4.58. The SMILES string of the molecule is CCNC(=O)Nc1nc2cc(-c3cc(C)n(C4CC4)c(=O)c3)cc(-n3cccn3)c2[nH]1. The summed E-state index contributed by atoms with van der Waals surface area (Å²) in [5.41, 5.74) is 4.83. The van der Waals surface area contributed by atoms with E-state index in [4.69, 9.17) is 0 Å². The number of carbonyl (C=O) groups is 1. The number of benzene rings is 1. The number of aromatic nitrogens is 5. The maximum Gasteiger partial charge on any atom is 0.321 e. The first-order valence-electron chi connectivity index (χ1n) is 10.4. The molecule has 1 aliphatic rings. The number of rotatable bonds is 5. The maximum atomic E-state index is 12.7. The van der Waals surface area contributed by atoms with Crippen LogP contribution in [-0.2, 0) is 0 Å². The summed E-state index contributed by atoms with van der Waals surface area (Å²) in [6.07, 6.45) is 5.66. The molecule has 0 atom stereocenters. The van der Waals surface area contributed by atoms with Crippen LogP contribution in [0.5, 0.6) is 0 Å². The summed E-state index contributed by atoms with van der Waals surface area (Å²) in [6, 6.07) is 9.44. The Hall–Kier alpha value is -3.88. The number of nitrogens with zero attached hydrogens (tertiary/aromatic N) is 4. The molecule has 0 spiro atoms. The van der Waals surface area contributed by atoms with Gasteiger partial charge in [0.1, 0.15) is 0 Å². The van der Waals surface area contributed by atoms with Crippen molar-refractivity contribution >= 4 is 23.0 Å². The topological polar surface area (TPSA) is 110 Å². The zero-order chi connectivity index (χ0) is 21.5. The van der Waals surface area contributed by atoms with Gasteiger partial charge in [0, 0.05) is 36.7 Å². The predicted molar refractivity (Wildman–Crippen MR) is 119 cm³/mol. The molecular formula is C22H23N7O2. The number of hydrogen-bond acceptors (Lipinski definition) is 4. The Morgan fingerprint density at radius 1 is 1.23 bits per heavy atom. The molecular weight excluding hydrogens is 394 g/mol. The minimum Gasteiger partial charge on any atom is -0.338 e. The van der Waals surface area contributed by atoms with Crippen LogP contribution in [0.4, 0.5) is 10.7 Å². The molecule has 0 radical (unpaired) electrons. The summed E-state index contributed by atoms with van der Waals surface area (Å²) in [5.74, 6) is 0.340. The van der Waals surface area contributed by atoms with E-state index >= 15 is 0 Å². The molecule has 3 N–H and O–H groups in total. The van der Waals surface area contributed by atoms with Crippen molar-refractivity contribution < 1.29 is 4.79 Å². The van der Waals surface area contributed by atoms with Gasteiger partial charge in [-0.15, -0.1) is 0 Å². The van der Waals surface area contributed by atoms with Gasteiger partial charge in [0.05, 0.1) is 16.7 Å². The fourth-order valence-electron chi connectivity index (χ4n) is 3.90. The van der Waals surface area contributed by atoms with Crippen LogP contribution in [0, 0.1) is 6.92 Å². The van der Waals surface area contributed by atoms with Crippen molar-refractivity contribution in [3.8, 4) is 16.8 Å². The first-order chi connectivity index (χ1) is 15.0. The van der Waals surface area contributed by atoms with Crippen LogP contribution in [0.1, 0.15) is 31.5 Å². The number of aryl methyl sites for hydroxylation is 1. The quantitative estimate of drug-likeness (QED) is 0.462. The van der Waals surface area contributed by atoms with Gasteiger partial charge in [-0.3, -0.25) is 10.1 Å². The third kappa shape index (κ3) is 3.58. The van der Waals surface area contributed by atoms with Gasteiger partial charge in [0.25, 0.3) is 5.56 Å². The number of urea groups is 1. The molecule has 9 heteroatoms. The normalized spacial score (nSPS) is 13.5. The van der Waals surface area contributed by atoms with Gasteiger partial charge in [-0.2, -0.15) is 5.10 Å². The van der Waals surface area contributed by atoms with Crippen LogP contribution in [0.2, 0.25) is 0 Å². The van der Waals surface area contributed by atoms with Crippen LogP contribution in [0.15, 0.2) is 47.5 Å². The molecule has 9 nitrogen and oxygen atoms in total.